The summed E-state index contributed by atoms with van der Waals surface area (Å²) < 4.78 is 5.00. The molecule has 2 rings (SSSR count). The molecule has 5 nitrogen and oxygen atoms in total. The van der Waals surface area contributed by atoms with Crippen LogP contribution in [-0.2, 0) is 27.3 Å². The van der Waals surface area contributed by atoms with Crippen LogP contribution in [0, 0.1) is 0 Å². The van der Waals surface area contributed by atoms with Crippen molar-refractivity contribution in [2.75, 3.05) is 33.4 Å². The van der Waals surface area contributed by atoms with Crippen LogP contribution in [0.25, 0.3) is 0 Å². The van der Waals surface area contributed by atoms with E-state index in [0.29, 0.717) is 32.7 Å². The Bertz CT molecular complexity index is 530. The Labute approximate surface area is 131 Å². The molecule has 0 fully saturated rings. The largest absolute Gasteiger partial charge is 0.383 e. The summed E-state index contributed by atoms with van der Waals surface area (Å²) in [7, 11) is 1.61. The predicted molar refractivity (Wildman–Crippen MR) is 84.3 cm³/mol. The van der Waals surface area contributed by atoms with E-state index in [9.17, 15) is 9.59 Å². The van der Waals surface area contributed by atoms with E-state index in [1.54, 1.807) is 12.0 Å². The molecule has 5 heteroatoms. The topological polar surface area (TPSA) is 49.9 Å². The molecule has 22 heavy (non-hydrogen) atoms. The average molecular weight is 304 g/mol. The van der Waals surface area contributed by atoms with Crippen molar-refractivity contribution in [1.82, 2.24) is 9.80 Å². The molecule has 0 spiro atoms. The minimum absolute atomic E-state index is 0.0196. The van der Waals surface area contributed by atoms with Crippen LogP contribution in [0.15, 0.2) is 24.3 Å². The molecule has 1 aliphatic rings. The number of hydrogen-bond acceptors (Lipinski definition) is 3. The van der Waals surface area contributed by atoms with Gasteiger partial charge in [0.1, 0.15) is 0 Å². The number of methoxy groups -OCH3 is 1. The van der Waals surface area contributed by atoms with Gasteiger partial charge in [-0.3, -0.25) is 9.59 Å². The highest BCUT2D eigenvalue weighted by atomic mass is 16.5. The molecule has 0 radical (unpaired) electrons. The van der Waals surface area contributed by atoms with Crippen molar-refractivity contribution in [3.63, 3.8) is 0 Å². The molecular weight excluding hydrogens is 280 g/mol. The van der Waals surface area contributed by atoms with E-state index in [1.165, 1.54) is 18.1 Å². The molecule has 0 N–H and O–H groups in total. The maximum atomic E-state index is 12.4. The Kier molecular flexibility index (Phi) is 5.95. The van der Waals surface area contributed by atoms with Crippen LogP contribution in [0.4, 0.5) is 0 Å². The second-order valence-corrected chi connectivity index (χ2v) is 5.58. The van der Waals surface area contributed by atoms with Gasteiger partial charge in [-0.2, -0.15) is 0 Å². The van der Waals surface area contributed by atoms with Gasteiger partial charge in [0.05, 0.1) is 6.61 Å². The number of hydrogen-bond donors (Lipinski definition) is 0. The molecule has 120 valence electrons. The highest BCUT2D eigenvalue weighted by molar-refractivity contribution is 5.78. The van der Waals surface area contributed by atoms with Gasteiger partial charge in [0, 0.05) is 46.6 Å². The van der Waals surface area contributed by atoms with Crippen LogP contribution in [-0.4, -0.2) is 55.0 Å². The summed E-state index contributed by atoms with van der Waals surface area (Å²) in [5.74, 6) is 0.0898. The molecular formula is C17H24N2O3. The van der Waals surface area contributed by atoms with Gasteiger partial charge in [-0.15, -0.1) is 0 Å². The van der Waals surface area contributed by atoms with Gasteiger partial charge in [0.25, 0.3) is 0 Å². The van der Waals surface area contributed by atoms with Crippen LogP contribution in [0.1, 0.15) is 24.5 Å². The third kappa shape index (κ3) is 4.31. The normalized spacial score (nSPS) is 13.6. The van der Waals surface area contributed by atoms with Gasteiger partial charge in [-0.1, -0.05) is 24.3 Å². The zero-order chi connectivity index (χ0) is 15.9. The van der Waals surface area contributed by atoms with Crippen LogP contribution in [0.5, 0.6) is 0 Å². The fraction of sp³-hybridized carbons (Fsp3) is 0.529. The molecule has 0 atom stereocenters. The Morgan fingerprint density at radius 3 is 2.64 bits per heavy atom. The number of amides is 2. The third-order valence-corrected chi connectivity index (χ3v) is 4.09. The summed E-state index contributed by atoms with van der Waals surface area (Å²) in [5, 5.41) is 0. The van der Waals surface area contributed by atoms with Crippen LogP contribution in [0.3, 0.4) is 0 Å². The van der Waals surface area contributed by atoms with Crippen molar-refractivity contribution in [2.24, 2.45) is 0 Å². The monoisotopic (exact) mass is 304 g/mol. The van der Waals surface area contributed by atoms with E-state index in [4.69, 9.17) is 4.74 Å². The van der Waals surface area contributed by atoms with Gasteiger partial charge in [-0.25, -0.2) is 0 Å². The van der Waals surface area contributed by atoms with Gasteiger partial charge in [0.15, 0.2) is 0 Å². The SMILES string of the molecule is COCCN(CCC(=O)N1CCc2ccccc2C1)C(C)=O. The molecule has 2 amide bonds. The lowest BCUT2D eigenvalue weighted by Crippen LogP contribution is -2.39. The highest BCUT2D eigenvalue weighted by Crippen LogP contribution is 2.19. The molecule has 0 bridgehead atoms. The smallest absolute Gasteiger partial charge is 0.224 e. The van der Waals surface area contributed by atoms with Gasteiger partial charge in [0.2, 0.25) is 11.8 Å². The summed E-state index contributed by atoms with van der Waals surface area (Å²) in [5.41, 5.74) is 2.56. The van der Waals surface area contributed by atoms with Crippen LogP contribution >= 0.6 is 0 Å². The third-order valence-electron chi connectivity index (χ3n) is 4.09. The minimum Gasteiger partial charge on any atom is -0.383 e. The first kappa shape index (κ1) is 16.5. The molecule has 1 aromatic rings. The number of benzene rings is 1. The van der Waals surface area contributed by atoms with E-state index in [-0.39, 0.29) is 11.8 Å². The molecule has 0 unspecified atom stereocenters. The van der Waals surface area contributed by atoms with Crippen molar-refractivity contribution in [2.45, 2.75) is 26.3 Å². The second kappa shape index (κ2) is 7.94. The Morgan fingerprint density at radius 2 is 1.95 bits per heavy atom. The van der Waals surface area contributed by atoms with Crippen molar-refractivity contribution in [3.8, 4) is 0 Å². The fourth-order valence-corrected chi connectivity index (χ4v) is 2.73. The number of ether oxygens (including phenoxy) is 1. The van der Waals surface area contributed by atoms with E-state index in [0.717, 1.165) is 13.0 Å². The first-order chi connectivity index (χ1) is 10.6. The first-order valence-electron chi connectivity index (χ1n) is 7.71. The lowest BCUT2D eigenvalue weighted by Gasteiger charge is -2.30. The highest BCUT2D eigenvalue weighted by Gasteiger charge is 2.21. The summed E-state index contributed by atoms with van der Waals surface area (Å²) in [6, 6.07) is 8.25. The summed E-state index contributed by atoms with van der Waals surface area (Å²) >= 11 is 0. The molecule has 0 aromatic heterocycles. The van der Waals surface area contributed by atoms with Gasteiger partial charge >= 0.3 is 0 Å². The van der Waals surface area contributed by atoms with Crippen LogP contribution in [0.2, 0.25) is 0 Å². The number of carbonyl (C=O) groups excluding carboxylic acids is 2. The average Bonchev–Trinajstić information content (AvgIpc) is 2.53. The lowest BCUT2D eigenvalue weighted by molar-refractivity contribution is -0.134. The lowest BCUT2D eigenvalue weighted by atomic mass is 10.00. The molecule has 0 saturated carbocycles. The molecule has 1 aliphatic heterocycles. The van der Waals surface area contributed by atoms with E-state index < -0.39 is 0 Å². The molecule has 1 aromatic carbocycles. The van der Waals surface area contributed by atoms with Crippen molar-refractivity contribution in [3.05, 3.63) is 35.4 Å². The Balaban J connectivity index is 1.86. The zero-order valence-electron chi connectivity index (χ0n) is 13.4. The number of carbonyl (C=O) groups is 2. The predicted octanol–water partition coefficient (Wildman–Crippen LogP) is 1.46. The minimum atomic E-state index is -0.0196. The standard InChI is InChI=1S/C17H24N2O3/c1-14(20)18(11-12-22-2)10-8-17(21)19-9-7-15-5-3-4-6-16(15)13-19/h3-6H,7-13H2,1-2H3. The van der Waals surface area contributed by atoms with Gasteiger partial charge in [-0.05, 0) is 17.5 Å². The van der Waals surface area contributed by atoms with E-state index in [1.807, 2.05) is 17.0 Å². The van der Waals surface area contributed by atoms with Crippen molar-refractivity contribution in [1.29, 1.82) is 0 Å². The summed E-state index contributed by atoms with van der Waals surface area (Å²) in [6.45, 7) is 4.43. The summed E-state index contributed by atoms with van der Waals surface area (Å²) in [4.78, 5) is 27.5. The Hall–Kier alpha value is -1.88. The van der Waals surface area contributed by atoms with Crippen LogP contribution < -0.4 is 0 Å². The molecule has 0 saturated heterocycles. The number of fused-ring (bicyclic) bond motifs is 1. The molecule has 1 heterocycles. The van der Waals surface area contributed by atoms with Gasteiger partial charge < -0.3 is 14.5 Å². The molecule has 0 aliphatic carbocycles. The van der Waals surface area contributed by atoms with E-state index in [2.05, 4.69) is 12.1 Å². The first-order valence-corrected chi connectivity index (χ1v) is 7.71. The van der Waals surface area contributed by atoms with Crippen molar-refractivity contribution >= 4 is 11.8 Å². The number of rotatable bonds is 6. The number of nitrogens with zero attached hydrogens (tertiary/aromatic N) is 2. The summed E-state index contributed by atoms with van der Waals surface area (Å²) in [6.07, 6.45) is 1.27. The fourth-order valence-electron chi connectivity index (χ4n) is 2.73. The second-order valence-electron chi connectivity index (χ2n) is 5.58. The maximum Gasteiger partial charge on any atom is 0.224 e. The maximum absolute atomic E-state index is 12.4. The quantitative estimate of drug-likeness (QED) is 0.799. The van der Waals surface area contributed by atoms with E-state index >= 15 is 0 Å². The zero-order valence-corrected chi connectivity index (χ0v) is 13.4. The van der Waals surface area contributed by atoms with Crippen molar-refractivity contribution < 1.29 is 14.3 Å². The Morgan fingerprint density at radius 1 is 1.23 bits per heavy atom.